The zero-order valence-electron chi connectivity index (χ0n) is 16.7. The summed E-state index contributed by atoms with van der Waals surface area (Å²) in [5.41, 5.74) is 2.13. The number of aliphatic hydroxyl groups excluding tert-OH is 1. The van der Waals surface area contributed by atoms with Crippen molar-refractivity contribution in [1.29, 1.82) is 0 Å². The minimum absolute atomic E-state index is 0.105. The number of para-hydroxylation sites is 1. The monoisotopic (exact) mass is 457 g/mol. The molecule has 154 valence electrons. The highest BCUT2D eigenvalue weighted by Crippen LogP contribution is 2.23. The summed E-state index contributed by atoms with van der Waals surface area (Å²) in [6.45, 7) is 7.30. The zero-order chi connectivity index (χ0) is 20.2. The van der Waals surface area contributed by atoms with Crippen molar-refractivity contribution >= 4 is 37.7 Å². The van der Waals surface area contributed by atoms with Crippen molar-refractivity contribution in [3.05, 3.63) is 57.2 Å². The quantitative estimate of drug-likeness (QED) is 0.436. The van der Waals surface area contributed by atoms with Crippen LogP contribution in [0.25, 0.3) is 21.8 Å². The van der Waals surface area contributed by atoms with Crippen molar-refractivity contribution in [2.24, 2.45) is 0 Å². The maximum atomic E-state index is 12.9. The highest BCUT2D eigenvalue weighted by molar-refractivity contribution is 9.10. The van der Waals surface area contributed by atoms with E-state index in [1.807, 2.05) is 36.4 Å². The van der Waals surface area contributed by atoms with Crippen molar-refractivity contribution < 1.29 is 5.11 Å². The molecule has 0 amide bonds. The normalized spacial score (nSPS) is 16.1. The van der Waals surface area contributed by atoms with Gasteiger partial charge < -0.3 is 14.6 Å². The smallest absolute Gasteiger partial charge is 0.197 e. The molecule has 1 saturated heterocycles. The zero-order valence-corrected chi connectivity index (χ0v) is 18.3. The molecule has 29 heavy (non-hydrogen) atoms. The number of β-amino-alcohol motifs (C(OH)–C–C–N with tert-alkyl or cyclic N) is 1. The molecular weight excluding hydrogens is 430 g/mol. The number of hydrogen-bond donors (Lipinski definition) is 1. The van der Waals surface area contributed by atoms with Gasteiger partial charge in [-0.1, -0.05) is 28.1 Å². The summed E-state index contributed by atoms with van der Waals surface area (Å²) >= 11 is 3.51. The van der Waals surface area contributed by atoms with E-state index in [-0.39, 0.29) is 12.0 Å². The molecule has 1 aliphatic rings. The van der Waals surface area contributed by atoms with E-state index in [2.05, 4.69) is 36.4 Å². The topological polar surface area (TPSA) is 48.7 Å². The van der Waals surface area contributed by atoms with E-state index in [9.17, 15) is 4.79 Å². The number of halogens is 1. The summed E-state index contributed by atoms with van der Waals surface area (Å²) in [5, 5.41) is 10.6. The number of pyridine rings is 1. The van der Waals surface area contributed by atoms with Crippen molar-refractivity contribution in [2.75, 3.05) is 45.9 Å². The first-order chi connectivity index (χ1) is 14.2. The summed E-state index contributed by atoms with van der Waals surface area (Å²) < 4.78 is 3.24. The van der Waals surface area contributed by atoms with Gasteiger partial charge in [0.25, 0.3) is 0 Å². The van der Waals surface area contributed by atoms with Gasteiger partial charge in [-0.2, -0.15) is 0 Å². The highest BCUT2D eigenvalue weighted by Gasteiger charge is 2.16. The van der Waals surface area contributed by atoms with E-state index in [0.29, 0.717) is 0 Å². The average Bonchev–Trinajstić information content (AvgIpc) is 2.75. The third kappa shape index (κ3) is 4.56. The van der Waals surface area contributed by atoms with Crippen LogP contribution in [0.3, 0.4) is 0 Å². The van der Waals surface area contributed by atoms with Crippen molar-refractivity contribution in [2.45, 2.75) is 19.4 Å². The fourth-order valence-electron chi connectivity index (χ4n) is 4.33. The fraction of sp³-hybridized carbons (Fsp3) is 0.435. The first-order valence-electron chi connectivity index (χ1n) is 10.4. The lowest BCUT2D eigenvalue weighted by Gasteiger charge is -2.34. The van der Waals surface area contributed by atoms with Crippen LogP contribution in [0.15, 0.2) is 51.7 Å². The molecule has 2 heterocycles. The number of aromatic nitrogens is 1. The third-order valence-electron chi connectivity index (χ3n) is 5.92. The van der Waals surface area contributed by atoms with E-state index in [1.165, 1.54) is 0 Å². The SMILES string of the molecule is O=c1c2ccccc2n(CCCCN2CCN(CCO)CC2)c2ccc(Br)cc12. The van der Waals surface area contributed by atoms with E-state index in [4.69, 9.17) is 5.11 Å². The molecule has 5 nitrogen and oxygen atoms in total. The maximum Gasteiger partial charge on any atom is 0.197 e. The number of aliphatic hydroxyl groups is 1. The standard InChI is InChI=1S/C23H28BrN3O2/c24-18-7-8-22-20(17-18)23(29)19-5-1-2-6-21(19)27(22)10-4-3-9-25-11-13-26(14-12-25)15-16-28/h1-2,5-8,17,28H,3-4,9-16H2. The van der Waals surface area contributed by atoms with Crippen LogP contribution in [-0.2, 0) is 6.54 Å². The second-order valence-corrected chi connectivity index (χ2v) is 8.69. The van der Waals surface area contributed by atoms with Gasteiger partial charge in [0.15, 0.2) is 5.43 Å². The maximum absolute atomic E-state index is 12.9. The molecule has 0 saturated carbocycles. The van der Waals surface area contributed by atoms with Gasteiger partial charge in [-0.15, -0.1) is 0 Å². The third-order valence-corrected chi connectivity index (χ3v) is 6.41. The molecule has 2 aromatic carbocycles. The molecule has 0 aliphatic carbocycles. The number of unbranched alkanes of at least 4 members (excludes halogenated alkanes) is 1. The number of rotatable bonds is 7. The first kappa shape index (κ1) is 20.5. The van der Waals surface area contributed by atoms with Crippen molar-refractivity contribution in [3.8, 4) is 0 Å². The summed E-state index contributed by atoms with van der Waals surface area (Å²) in [4.78, 5) is 17.8. The second kappa shape index (κ2) is 9.39. The Bertz CT molecular complexity index is 1040. The van der Waals surface area contributed by atoms with Gasteiger partial charge in [-0.25, -0.2) is 0 Å². The van der Waals surface area contributed by atoms with Gasteiger partial charge >= 0.3 is 0 Å². The van der Waals surface area contributed by atoms with Crippen LogP contribution in [0.2, 0.25) is 0 Å². The predicted molar refractivity (Wildman–Crippen MR) is 123 cm³/mol. The van der Waals surface area contributed by atoms with E-state index in [1.54, 1.807) is 0 Å². The van der Waals surface area contributed by atoms with Gasteiger partial charge in [0.1, 0.15) is 0 Å². The highest BCUT2D eigenvalue weighted by atomic mass is 79.9. The summed E-state index contributed by atoms with van der Waals surface area (Å²) in [5.74, 6) is 0. The number of nitrogens with zero attached hydrogens (tertiary/aromatic N) is 3. The van der Waals surface area contributed by atoms with Crippen LogP contribution in [0.1, 0.15) is 12.8 Å². The second-order valence-electron chi connectivity index (χ2n) is 7.77. The van der Waals surface area contributed by atoms with Crippen LogP contribution < -0.4 is 5.43 Å². The Morgan fingerprint density at radius 3 is 2.24 bits per heavy atom. The minimum Gasteiger partial charge on any atom is -0.395 e. The van der Waals surface area contributed by atoms with Gasteiger partial charge in [-0.3, -0.25) is 9.69 Å². The van der Waals surface area contributed by atoms with E-state index < -0.39 is 0 Å². The molecule has 3 aromatic rings. The van der Waals surface area contributed by atoms with Gasteiger partial charge in [-0.05, 0) is 49.7 Å². The van der Waals surface area contributed by atoms with Gasteiger partial charge in [0, 0.05) is 54.5 Å². The number of fused-ring (bicyclic) bond motifs is 2. The van der Waals surface area contributed by atoms with Crippen molar-refractivity contribution in [1.82, 2.24) is 14.4 Å². The van der Waals surface area contributed by atoms with Crippen LogP contribution in [0, 0.1) is 0 Å². The largest absolute Gasteiger partial charge is 0.395 e. The number of benzene rings is 2. The van der Waals surface area contributed by atoms with Crippen LogP contribution >= 0.6 is 15.9 Å². The Kier molecular flexibility index (Phi) is 6.65. The molecule has 6 heteroatoms. The average molecular weight is 458 g/mol. The molecule has 1 aromatic heterocycles. The fourth-order valence-corrected chi connectivity index (χ4v) is 4.69. The predicted octanol–water partition coefficient (Wildman–Crippen LogP) is 3.31. The van der Waals surface area contributed by atoms with Gasteiger partial charge in [0.05, 0.1) is 17.6 Å². The number of hydrogen-bond acceptors (Lipinski definition) is 4. The van der Waals surface area contributed by atoms with Crippen LogP contribution in [-0.4, -0.2) is 65.3 Å². The van der Waals surface area contributed by atoms with Gasteiger partial charge in [0.2, 0.25) is 0 Å². The lowest BCUT2D eigenvalue weighted by Crippen LogP contribution is -2.47. The molecule has 1 fully saturated rings. The molecule has 0 atom stereocenters. The number of piperazine rings is 1. The van der Waals surface area contributed by atoms with Crippen molar-refractivity contribution in [3.63, 3.8) is 0 Å². The molecule has 0 radical (unpaired) electrons. The molecule has 0 bridgehead atoms. The lowest BCUT2D eigenvalue weighted by molar-refractivity contribution is 0.111. The molecule has 4 rings (SSSR count). The molecule has 0 unspecified atom stereocenters. The van der Waals surface area contributed by atoms with Crippen LogP contribution in [0.5, 0.6) is 0 Å². The molecule has 1 N–H and O–H groups in total. The molecule has 0 spiro atoms. The molecular formula is C23H28BrN3O2. The Balaban J connectivity index is 1.46. The minimum atomic E-state index is 0.105. The Morgan fingerprint density at radius 2 is 1.48 bits per heavy atom. The summed E-state index contributed by atoms with van der Waals surface area (Å²) in [7, 11) is 0. The molecule has 1 aliphatic heterocycles. The summed E-state index contributed by atoms with van der Waals surface area (Å²) in [6.07, 6.45) is 2.22. The van der Waals surface area contributed by atoms with E-state index in [0.717, 1.165) is 84.9 Å². The first-order valence-corrected chi connectivity index (χ1v) is 11.2. The Morgan fingerprint density at radius 1 is 0.828 bits per heavy atom. The van der Waals surface area contributed by atoms with E-state index >= 15 is 0 Å². The Hall–Kier alpha value is -1.73. The number of aryl methyl sites for hydroxylation is 1. The van der Waals surface area contributed by atoms with Crippen LogP contribution in [0.4, 0.5) is 0 Å². The lowest BCUT2D eigenvalue weighted by atomic mass is 10.1. The summed E-state index contributed by atoms with van der Waals surface area (Å²) in [6, 6.07) is 13.9. The Labute approximate surface area is 179 Å².